The van der Waals surface area contributed by atoms with Crippen molar-refractivity contribution < 1.29 is 8.42 Å². The molecular weight excluding hydrogens is 459 g/mol. The lowest BCUT2D eigenvalue weighted by molar-refractivity contribution is 0.533. The van der Waals surface area contributed by atoms with Crippen LogP contribution in [-0.2, 0) is 10.0 Å². The molecule has 1 fully saturated rings. The standard InChI is InChI=1S/C21H20Cl2N4O3S/c22-15-5-4-8-17(13-15)27-21(28)20(23)19(14-24-27)26-11-9-18(10-12-26)31(29,30)25-16-6-2-1-3-7-16/h1-8,13-14,18,25H,9-12H2. The van der Waals surface area contributed by atoms with Gasteiger partial charge in [0.15, 0.2) is 0 Å². The van der Waals surface area contributed by atoms with Crippen molar-refractivity contribution in [3.8, 4) is 5.69 Å². The van der Waals surface area contributed by atoms with Gasteiger partial charge in [-0.25, -0.2) is 8.42 Å². The molecule has 0 aliphatic carbocycles. The van der Waals surface area contributed by atoms with Crippen molar-refractivity contribution in [2.75, 3.05) is 22.7 Å². The summed E-state index contributed by atoms with van der Waals surface area (Å²) in [6.45, 7) is 0.894. The van der Waals surface area contributed by atoms with E-state index in [2.05, 4.69) is 9.82 Å². The Kier molecular flexibility index (Phi) is 6.22. The van der Waals surface area contributed by atoms with Crippen molar-refractivity contribution in [1.82, 2.24) is 9.78 Å². The predicted molar refractivity (Wildman–Crippen MR) is 124 cm³/mol. The second-order valence-electron chi connectivity index (χ2n) is 7.24. The zero-order valence-electron chi connectivity index (χ0n) is 16.4. The average Bonchev–Trinajstić information content (AvgIpc) is 2.76. The Labute approximate surface area is 190 Å². The third-order valence-electron chi connectivity index (χ3n) is 5.21. The molecule has 31 heavy (non-hydrogen) atoms. The normalized spacial score (nSPS) is 15.1. The largest absolute Gasteiger partial charge is 0.369 e. The molecule has 0 atom stereocenters. The molecule has 0 unspecified atom stereocenters. The van der Waals surface area contributed by atoms with Crippen LogP contribution in [0.4, 0.5) is 11.4 Å². The van der Waals surface area contributed by atoms with E-state index in [4.69, 9.17) is 23.2 Å². The van der Waals surface area contributed by atoms with Crippen LogP contribution in [0.3, 0.4) is 0 Å². The quantitative estimate of drug-likeness (QED) is 0.599. The summed E-state index contributed by atoms with van der Waals surface area (Å²) in [5, 5.41) is 4.24. The molecule has 2 aromatic carbocycles. The van der Waals surface area contributed by atoms with Gasteiger partial charge in [0.1, 0.15) is 5.02 Å². The molecule has 1 aliphatic rings. The topological polar surface area (TPSA) is 84.3 Å². The van der Waals surface area contributed by atoms with Gasteiger partial charge in [0.25, 0.3) is 5.56 Å². The van der Waals surface area contributed by atoms with Crippen LogP contribution in [0.5, 0.6) is 0 Å². The highest BCUT2D eigenvalue weighted by molar-refractivity contribution is 7.93. The first-order valence-corrected chi connectivity index (χ1v) is 12.0. The van der Waals surface area contributed by atoms with Crippen molar-refractivity contribution in [3.05, 3.63) is 81.2 Å². The van der Waals surface area contributed by atoms with Gasteiger partial charge in [0.2, 0.25) is 10.0 Å². The van der Waals surface area contributed by atoms with E-state index in [1.54, 1.807) is 48.5 Å². The molecular formula is C21H20Cl2N4O3S. The fraction of sp³-hybridized carbons (Fsp3) is 0.238. The first kappa shape index (κ1) is 21.7. The highest BCUT2D eigenvalue weighted by Gasteiger charge is 2.31. The molecule has 0 saturated carbocycles. The Morgan fingerprint density at radius 2 is 1.71 bits per heavy atom. The first-order valence-electron chi connectivity index (χ1n) is 9.70. The molecule has 0 radical (unpaired) electrons. The number of nitrogens with zero attached hydrogens (tertiary/aromatic N) is 3. The van der Waals surface area contributed by atoms with Gasteiger partial charge in [-0.05, 0) is 43.2 Å². The summed E-state index contributed by atoms with van der Waals surface area (Å²) in [6.07, 6.45) is 2.35. The second-order valence-corrected chi connectivity index (χ2v) is 10.0. The molecule has 0 amide bonds. The molecule has 2 heterocycles. The Balaban J connectivity index is 1.49. The fourth-order valence-corrected chi connectivity index (χ4v) is 5.49. The molecule has 0 spiro atoms. The minimum absolute atomic E-state index is 0.0405. The van der Waals surface area contributed by atoms with Gasteiger partial charge < -0.3 is 4.90 Å². The van der Waals surface area contributed by atoms with Crippen molar-refractivity contribution in [1.29, 1.82) is 0 Å². The van der Waals surface area contributed by atoms with E-state index in [1.807, 2.05) is 11.0 Å². The van der Waals surface area contributed by atoms with Gasteiger partial charge in [-0.1, -0.05) is 47.5 Å². The van der Waals surface area contributed by atoms with E-state index in [-0.39, 0.29) is 5.02 Å². The average molecular weight is 479 g/mol. The van der Waals surface area contributed by atoms with E-state index in [0.717, 1.165) is 0 Å². The number of benzene rings is 2. The minimum Gasteiger partial charge on any atom is -0.369 e. The van der Waals surface area contributed by atoms with Crippen molar-refractivity contribution in [2.24, 2.45) is 0 Å². The van der Waals surface area contributed by atoms with Gasteiger partial charge in [-0.15, -0.1) is 0 Å². The summed E-state index contributed by atoms with van der Waals surface area (Å²) in [4.78, 5) is 14.7. The van der Waals surface area contributed by atoms with Crippen LogP contribution in [0.15, 0.2) is 65.6 Å². The van der Waals surface area contributed by atoms with E-state index >= 15 is 0 Å². The van der Waals surface area contributed by atoms with Crippen LogP contribution in [0.25, 0.3) is 5.69 Å². The number of aromatic nitrogens is 2. The molecule has 0 bridgehead atoms. The lowest BCUT2D eigenvalue weighted by Gasteiger charge is -2.33. The van der Waals surface area contributed by atoms with Crippen LogP contribution in [-0.4, -0.2) is 36.5 Å². The summed E-state index contributed by atoms with van der Waals surface area (Å²) >= 11 is 12.4. The third-order valence-corrected chi connectivity index (χ3v) is 7.67. The fourth-order valence-electron chi connectivity index (χ4n) is 3.60. The molecule has 1 saturated heterocycles. The van der Waals surface area contributed by atoms with Crippen molar-refractivity contribution >= 4 is 44.6 Å². The van der Waals surface area contributed by atoms with Crippen molar-refractivity contribution in [3.63, 3.8) is 0 Å². The summed E-state index contributed by atoms with van der Waals surface area (Å²) in [5.41, 5.74) is 1.10. The van der Waals surface area contributed by atoms with E-state index in [1.165, 1.54) is 10.9 Å². The highest BCUT2D eigenvalue weighted by Crippen LogP contribution is 2.28. The number of halogens is 2. The molecule has 10 heteroatoms. The maximum atomic E-state index is 12.8. The maximum absolute atomic E-state index is 12.8. The number of para-hydroxylation sites is 1. The summed E-state index contributed by atoms with van der Waals surface area (Å²) in [7, 11) is -3.51. The minimum atomic E-state index is -3.51. The number of piperidine rings is 1. The Morgan fingerprint density at radius 1 is 1.00 bits per heavy atom. The van der Waals surface area contributed by atoms with Gasteiger partial charge >= 0.3 is 0 Å². The third kappa shape index (κ3) is 4.71. The van der Waals surface area contributed by atoms with Crippen LogP contribution in [0.2, 0.25) is 10.0 Å². The molecule has 7 nitrogen and oxygen atoms in total. The highest BCUT2D eigenvalue weighted by atomic mass is 35.5. The SMILES string of the molecule is O=c1c(Cl)c(N2CCC(S(=O)(=O)Nc3ccccc3)CC2)cnn1-c1cccc(Cl)c1. The summed E-state index contributed by atoms with van der Waals surface area (Å²) in [6, 6.07) is 15.6. The van der Waals surface area contributed by atoms with Gasteiger partial charge in [-0.2, -0.15) is 9.78 Å². The molecule has 1 N–H and O–H groups in total. The van der Waals surface area contributed by atoms with Gasteiger partial charge in [-0.3, -0.25) is 9.52 Å². The van der Waals surface area contributed by atoms with E-state index < -0.39 is 20.8 Å². The molecule has 162 valence electrons. The number of anilines is 2. The molecule has 3 aromatic rings. The van der Waals surface area contributed by atoms with Crippen LogP contribution in [0, 0.1) is 0 Å². The summed E-state index contributed by atoms with van der Waals surface area (Å²) in [5.74, 6) is 0. The lowest BCUT2D eigenvalue weighted by atomic mass is 10.1. The number of hydrogen-bond donors (Lipinski definition) is 1. The number of nitrogens with one attached hydrogen (secondary N) is 1. The monoisotopic (exact) mass is 478 g/mol. The summed E-state index contributed by atoms with van der Waals surface area (Å²) < 4.78 is 29.3. The number of rotatable bonds is 5. The van der Waals surface area contributed by atoms with Gasteiger partial charge in [0, 0.05) is 23.8 Å². The van der Waals surface area contributed by atoms with Crippen LogP contribution in [0.1, 0.15) is 12.8 Å². The Bertz CT molecular complexity index is 1240. The van der Waals surface area contributed by atoms with E-state index in [9.17, 15) is 13.2 Å². The smallest absolute Gasteiger partial charge is 0.292 e. The van der Waals surface area contributed by atoms with Crippen LogP contribution < -0.4 is 15.2 Å². The van der Waals surface area contributed by atoms with Crippen LogP contribution >= 0.6 is 23.2 Å². The molecule has 1 aromatic heterocycles. The Hall–Kier alpha value is -2.55. The number of hydrogen-bond acceptors (Lipinski definition) is 5. The first-order chi connectivity index (χ1) is 14.8. The Morgan fingerprint density at radius 3 is 2.39 bits per heavy atom. The maximum Gasteiger partial charge on any atom is 0.292 e. The zero-order chi connectivity index (χ0) is 22.0. The van der Waals surface area contributed by atoms with E-state index in [0.29, 0.717) is 48.0 Å². The molecule has 1 aliphatic heterocycles. The predicted octanol–water partition coefficient (Wildman–Crippen LogP) is 3.95. The lowest BCUT2D eigenvalue weighted by Crippen LogP contribution is -2.42. The number of sulfonamides is 1. The zero-order valence-corrected chi connectivity index (χ0v) is 18.7. The van der Waals surface area contributed by atoms with Crippen molar-refractivity contribution in [2.45, 2.75) is 18.1 Å². The molecule has 4 rings (SSSR count). The second kappa shape index (κ2) is 8.90. The van der Waals surface area contributed by atoms with Gasteiger partial charge in [0.05, 0.1) is 22.8 Å².